The first-order valence-electron chi connectivity index (χ1n) is 9.61. The van der Waals surface area contributed by atoms with Crippen molar-refractivity contribution in [2.24, 2.45) is 0 Å². The maximum Gasteiger partial charge on any atom is 0.233 e. The van der Waals surface area contributed by atoms with Gasteiger partial charge in [-0.2, -0.15) is 0 Å². The third-order valence-electron chi connectivity index (χ3n) is 5.33. The van der Waals surface area contributed by atoms with Gasteiger partial charge in [-0.05, 0) is 30.2 Å². The molecule has 0 spiro atoms. The zero-order valence-electron chi connectivity index (χ0n) is 16.5. The van der Waals surface area contributed by atoms with Gasteiger partial charge in [-0.15, -0.1) is 0 Å². The Hall–Kier alpha value is -2.03. The number of hydrogen-bond acceptors (Lipinski definition) is 5. The molecule has 1 amide bonds. The highest BCUT2D eigenvalue weighted by atomic mass is 35.5. The second-order valence-electron chi connectivity index (χ2n) is 7.45. The quantitative estimate of drug-likeness (QED) is 0.523. The molecule has 30 heavy (non-hydrogen) atoms. The van der Waals surface area contributed by atoms with Crippen molar-refractivity contribution in [3.63, 3.8) is 0 Å². The smallest absolute Gasteiger partial charge is 0.233 e. The minimum absolute atomic E-state index is 0.0466. The number of rotatable bonds is 6. The van der Waals surface area contributed by atoms with Crippen LogP contribution in [0, 0.1) is 0 Å². The van der Waals surface area contributed by atoms with E-state index in [2.05, 4.69) is 16.7 Å². The van der Waals surface area contributed by atoms with Gasteiger partial charge in [-0.3, -0.25) is 4.79 Å². The van der Waals surface area contributed by atoms with Crippen LogP contribution in [-0.4, -0.2) is 59.1 Å². The molecule has 0 aliphatic carbocycles. The van der Waals surface area contributed by atoms with Crippen molar-refractivity contribution in [2.75, 3.05) is 24.3 Å². The third kappa shape index (κ3) is 4.66. The van der Waals surface area contributed by atoms with Crippen LogP contribution in [-0.2, 0) is 21.2 Å². The van der Waals surface area contributed by atoms with Gasteiger partial charge in [0.25, 0.3) is 0 Å². The molecular formula is C21H22ClN3O3S2. The number of aromatic nitrogens is 2. The van der Waals surface area contributed by atoms with Gasteiger partial charge in [0.1, 0.15) is 0 Å². The van der Waals surface area contributed by atoms with Crippen molar-refractivity contribution in [3.8, 4) is 0 Å². The van der Waals surface area contributed by atoms with E-state index in [1.54, 1.807) is 11.9 Å². The number of nitrogens with zero attached hydrogens (tertiary/aromatic N) is 3. The lowest BCUT2D eigenvalue weighted by Gasteiger charge is -2.23. The molecule has 1 aliphatic heterocycles. The molecule has 1 fully saturated rings. The van der Waals surface area contributed by atoms with Crippen LogP contribution in [0.15, 0.2) is 53.7 Å². The van der Waals surface area contributed by atoms with E-state index in [-0.39, 0.29) is 29.2 Å². The Balaban J connectivity index is 1.54. The highest BCUT2D eigenvalue weighted by Gasteiger charge is 2.32. The number of carbonyl (C=O) groups is 1. The Morgan fingerprint density at radius 2 is 2.03 bits per heavy atom. The molecule has 0 N–H and O–H groups in total. The van der Waals surface area contributed by atoms with Crippen molar-refractivity contribution >= 4 is 50.1 Å². The summed E-state index contributed by atoms with van der Waals surface area (Å²) in [6.45, 7) is 0.631. The zero-order chi connectivity index (χ0) is 21.3. The van der Waals surface area contributed by atoms with E-state index in [0.29, 0.717) is 18.0 Å². The fourth-order valence-corrected chi connectivity index (χ4v) is 6.50. The van der Waals surface area contributed by atoms with Gasteiger partial charge >= 0.3 is 0 Å². The van der Waals surface area contributed by atoms with Crippen molar-refractivity contribution in [1.82, 2.24) is 14.5 Å². The molecule has 6 nitrogen and oxygen atoms in total. The van der Waals surface area contributed by atoms with Crippen LogP contribution < -0.4 is 0 Å². The number of fused-ring (bicyclic) bond motifs is 1. The fraction of sp³-hybridized carbons (Fsp3) is 0.333. The zero-order valence-corrected chi connectivity index (χ0v) is 18.9. The van der Waals surface area contributed by atoms with Crippen molar-refractivity contribution in [3.05, 3.63) is 59.1 Å². The Morgan fingerprint density at radius 1 is 1.27 bits per heavy atom. The topological polar surface area (TPSA) is 72.3 Å². The number of carbonyl (C=O) groups excluding carboxylic acids is 1. The van der Waals surface area contributed by atoms with E-state index >= 15 is 0 Å². The predicted octanol–water partition coefficient (Wildman–Crippen LogP) is 3.48. The monoisotopic (exact) mass is 463 g/mol. The molecule has 3 aromatic rings. The lowest BCUT2D eigenvalue weighted by molar-refractivity contribution is -0.128. The third-order valence-corrected chi connectivity index (χ3v) is 8.28. The highest BCUT2D eigenvalue weighted by Crippen LogP contribution is 2.28. The lowest BCUT2D eigenvalue weighted by atomic mass is 10.2. The fourth-order valence-electron chi connectivity index (χ4n) is 3.62. The van der Waals surface area contributed by atoms with Gasteiger partial charge in [-0.25, -0.2) is 13.4 Å². The molecule has 2 aromatic carbocycles. The van der Waals surface area contributed by atoms with Crippen LogP contribution in [0.3, 0.4) is 0 Å². The molecular weight excluding hydrogens is 442 g/mol. The highest BCUT2D eigenvalue weighted by molar-refractivity contribution is 7.99. The summed E-state index contributed by atoms with van der Waals surface area (Å²) in [4.78, 5) is 19.0. The summed E-state index contributed by atoms with van der Waals surface area (Å²) in [5, 5.41) is 1.35. The Kier molecular flexibility index (Phi) is 6.09. The minimum atomic E-state index is -3.03. The van der Waals surface area contributed by atoms with E-state index in [1.165, 1.54) is 11.8 Å². The molecule has 0 bridgehead atoms. The number of imidazole rings is 1. The molecule has 2 heterocycles. The first-order chi connectivity index (χ1) is 14.3. The van der Waals surface area contributed by atoms with E-state index < -0.39 is 9.84 Å². The summed E-state index contributed by atoms with van der Waals surface area (Å²) in [5.41, 5.74) is 2.87. The van der Waals surface area contributed by atoms with Crippen molar-refractivity contribution < 1.29 is 13.2 Å². The number of hydrogen-bond donors (Lipinski definition) is 0. The largest absolute Gasteiger partial charge is 0.341 e. The minimum Gasteiger partial charge on any atom is -0.341 e. The summed E-state index contributed by atoms with van der Waals surface area (Å²) >= 11 is 7.50. The second-order valence-corrected chi connectivity index (χ2v) is 11.1. The molecule has 9 heteroatoms. The van der Waals surface area contributed by atoms with E-state index in [9.17, 15) is 13.2 Å². The first-order valence-corrected chi connectivity index (χ1v) is 12.8. The summed E-state index contributed by atoms with van der Waals surface area (Å²) in [6, 6.07) is 15.4. The molecule has 1 unspecified atom stereocenters. The Morgan fingerprint density at radius 3 is 2.73 bits per heavy atom. The molecule has 1 aromatic heterocycles. The number of halogens is 1. The van der Waals surface area contributed by atoms with Gasteiger partial charge in [0, 0.05) is 18.1 Å². The van der Waals surface area contributed by atoms with Crippen LogP contribution in [0.25, 0.3) is 11.0 Å². The Labute approximate surface area is 185 Å². The molecule has 1 atom stereocenters. The average Bonchev–Trinajstić information content (AvgIpc) is 3.25. The van der Waals surface area contributed by atoms with Gasteiger partial charge < -0.3 is 9.47 Å². The SMILES string of the molecule is CN(C(=O)CSc1nc2cc(Cl)ccc2n1Cc1ccccc1)C1CCS(=O)(=O)C1. The molecule has 4 rings (SSSR count). The number of benzene rings is 2. The lowest BCUT2D eigenvalue weighted by Crippen LogP contribution is -2.38. The van der Waals surface area contributed by atoms with Crippen LogP contribution in [0.1, 0.15) is 12.0 Å². The van der Waals surface area contributed by atoms with Crippen LogP contribution in [0.5, 0.6) is 0 Å². The van der Waals surface area contributed by atoms with E-state index in [1.807, 2.05) is 36.4 Å². The summed E-state index contributed by atoms with van der Waals surface area (Å²) in [5.74, 6) is 0.290. The van der Waals surface area contributed by atoms with Crippen LogP contribution in [0.2, 0.25) is 5.02 Å². The maximum absolute atomic E-state index is 12.7. The summed E-state index contributed by atoms with van der Waals surface area (Å²) in [7, 11) is -1.35. The summed E-state index contributed by atoms with van der Waals surface area (Å²) < 4.78 is 25.5. The maximum atomic E-state index is 12.7. The number of amides is 1. The van der Waals surface area contributed by atoms with Gasteiger partial charge in [0.05, 0.1) is 34.8 Å². The second kappa shape index (κ2) is 8.61. The standard InChI is InChI=1S/C21H22ClN3O3S2/c1-24(17-9-10-30(27,28)14-17)20(26)13-29-21-23-18-11-16(22)7-8-19(18)25(21)12-15-5-3-2-4-6-15/h2-8,11,17H,9-10,12-14H2,1H3. The molecule has 0 radical (unpaired) electrons. The van der Waals surface area contributed by atoms with Gasteiger partial charge in [0.15, 0.2) is 15.0 Å². The van der Waals surface area contributed by atoms with Crippen LogP contribution >= 0.6 is 23.4 Å². The first kappa shape index (κ1) is 21.2. The van der Waals surface area contributed by atoms with E-state index in [4.69, 9.17) is 16.6 Å². The summed E-state index contributed by atoms with van der Waals surface area (Å²) in [6.07, 6.45) is 0.500. The number of sulfone groups is 1. The normalized spacial score (nSPS) is 18.0. The van der Waals surface area contributed by atoms with Crippen molar-refractivity contribution in [1.29, 1.82) is 0 Å². The predicted molar refractivity (Wildman–Crippen MR) is 121 cm³/mol. The molecule has 158 valence electrons. The Bertz CT molecular complexity index is 1180. The average molecular weight is 464 g/mol. The molecule has 1 aliphatic rings. The van der Waals surface area contributed by atoms with Crippen LogP contribution in [0.4, 0.5) is 0 Å². The number of thioether (sulfide) groups is 1. The van der Waals surface area contributed by atoms with Gasteiger partial charge in [0.2, 0.25) is 5.91 Å². The van der Waals surface area contributed by atoms with Gasteiger partial charge in [-0.1, -0.05) is 53.7 Å². The molecule has 1 saturated heterocycles. The van der Waals surface area contributed by atoms with Crippen molar-refractivity contribution in [2.45, 2.75) is 24.2 Å². The molecule has 0 saturated carbocycles. The van der Waals surface area contributed by atoms with E-state index in [0.717, 1.165) is 21.8 Å².